The van der Waals surface area contributed by atoms with Crippen molar-refractivity contribution < 1.29 is 27.9 Å². The lowest BCUT2D eigenvalue weighted by Crippen LogP contribution is -2.23. The zero-order valence-electron chi connectivity index (χ0n) is 20.9. The van der Waals surface area contributed by atoms with Crippen LogP contribution in [0.15, 0.2) is 65.1 Å². The Morgan fingerprint density at radius 2 is 1.72 bits per heavy atom. The summed E-state index contributed by atoms with van der Waals surface area (Å²) in [6.07, 6.45) is 0. The number of nitrogens with one attached hydrogen (secondary N) is 1. The molecule has 0 fully saturated rings. The SMILES string of the molecule is CCOc1cc2oc(-c3ccc(F)cc3)c(C(=O)NC)c2cc1-c1cccc(C(=O)OC(C)(C)C)c1. The molecule has 0 atom stereocenters. The van der Waals surface area contributed by atoms with E-state index in [1.54, 1.807) is 36.4 Å². The first-order valence-electron chi connectivity index (χ1n) is 11.7. The molecule has 0 unspecified atom stereocenters. The minimum Gasteiger partial charge on any atom is -0.493 e. The summed E-state index contributed by atoms with van der Waals surface area (Å²) in [6.45, 7) is 7.71. The van der Waals surface area contributed by atoms with E-state index in [0.29, 0.717) is 51.3 Å². The van der Waals surface area contributed by atoms with Crippen molar-refractivity contribution in [2.45, 2.75) is 33.3 Å². The van der Waals surface area contributed by atoms with E-state index in [4.69, 9.17) is 13.9 Å². The molecule has 3 aromatic carbocycles. The molecule has 186 valence electrons. The van der Waals surface area contributed by atoms with Gasteiger partial charge in [0.2, 0.25) is 0 Å². The number of halogens is 1. The normalized spacial score (nSPS) is 11.4. The Bertz CT molecular complexity index is 1430. The zero-order valence-corrected chi connectivity index (χ0v) is 20.9. The van der Waals surface area contributed by atoms with Crippen molar-refractivity contribution in [3.8, 4) is 28.2 Å². The van der Waals surface area contributed by atoms with Crippen molar-refractivity contribution in [1.29, 1.82) is 0 Å². The van der Waals surface area contributed by atoms with Gasteiger partial charge in [0, 0.05) is 29.6 Å². The number of fused-ring (bicyclic) bond motifs is 1. The molecule has 0 saturated carbocycles. The molecule has 0 spiro atoms. The highest BCUT2D eigenvalue weighted by molar-refractivity contribution is 6.12. The van der Waals surface area contributed by atoms with Crippen LogP contribution in [0, 0.1) is 5.82 Å². The largest absolute Gasteiger partial charge is 0.493 e. The first kappa shape index (κ1) is 25.0. The van der Waals surface area contributed by atoms with Gasteiger partial charge < -0.3 is 19.2 Å². The van der Waals surface area contributed by atoms with Gasteiger partial charge in [0.05, 0.1) is 17.7 Å². The summed E-state index contributed by atoms with van der Waals surface area (Å²) in [5.41, 5.74) is 2.52. The molecule has 1 heterocycles. The number of furan rings is 1. The van der Waals surface area contributed by atoms with Gasteiger partial charge in [0.25, 0.3) is 5.91 Å². The lowest BCUT2D eigenvalue weighted by molar-refractivity contribution is 0.00694. The number of carbonyl (C=O) groups is 2. The Hall–Kier alpha value is -4.13. The number of benzene rings is 3. The Labute approximate surface area is 209 Å². The van der Waals surface area contributed by atoms with Crippen molar-refractivity contribution in [2.75, 3.05) is 13.7 Å². The quantitative estimate of drug-likeness (QED) is 0.308. The smallest absolute Gasteiger partial charge is 0.338 e. The molecule has 1 N–H and O–H groups in total. The third kappa shape index (κ3) is 5.10. The number of amides is 1. The summed E-state index contributed by atoms with van der Waals surface area (Å²) >= 11 is 0. The van der Waals surface area contributed by atoms with Crippen molar-refractivity contribution in [1.82, 2.24) is 5.32 Å². The number of rotatable bonds is 6. The second-order valence-electron chi connectivity index (χ2n) is 9.25. The Kier molecular flexibility index (Phi) is 6.84. The van der Waals surface area contributed by atoms with Gasteiger partial charge in [-0.25, -0.2) is 9.18 Å². The van der Waals surface area contributed by atoms with Crippen LogP contribution in [-0.2, 0) is 4.74 Å². The van der Waals surface area contributed by atoms with Gasteiger partial charge in [-0.05, 0) is 75.7 Å². The van der Waals surface area contributed by atoms with Crippen LogP contribution in [0.5, 0.6) is 5.75 Å². The highest BCUT2D eigenvalue weighted by atomic mass is 19.1. The van der Waals surface area contributed by atoms with Crippen LogP contribution in [0.3, 0.4) is 0 Å². The standard InChI is InChI=1S/C29H28FNO5/c1-6-34-23-16-24-22(25(27(32)31-5)26(35-24)17-10-12-20(30)13-11-17)15-21(23)18-8-7-9-19(14-18)28(33)36-29(2,3)4/h7-16H,6H2,1-5H3,(H,31,32). The number of carbonyl (C=O) groups excluding carboxylic acids is 2. The summed E-state index contributed by atoms with van der Waals surface area (Å²) < 4.78 is 31.1. The third-order valence-corrected chi connectivity index (χ3v) is 5.46. The highest BCUT2D eigenvalue weighted by Gasteiger charge is 2.24. The van der Waals surface area contributed by atoms with Crippen LogP contribution in [0.1, 0.15) is 48.4 Å². The molecule has 7 heteroatoms. The molecule has 0 aliphatic carbocycles. The molecule has 0 aliphatic rings. The fourth-order valence-corrected chi connectivity index (χ4v) is 3.93. The second kappa shape index (κ2) is 9.85. The van der Waals surface area contributed by atoms with E-state index >= 15 is 0 Å². The van der Waals surface area contributed by atoms with Crippen LogP contribution in [0.25, 0.3) is 33.4 Å². The summed E-state index contributed by atoms with van der Waals surface area (Å²) in [5.74, 6) is -0.301. The zero-order chi connectivity index (χ0) is 26.0. The molecular formula is C29H28FNO5. The molecule has 1 aromatic heterocycles. The van der Waals surface area contributed by atoms with E-state index in [0.717, 1.165) is 5.56 Å². The predicted octanol–water partition coefficient (Wildman–Crippen LogP) is 6.62. The summed E-state index contributed by atoms with van der Waals surface area (Å²) in [5, 5.41) is 3.22. The maximum Gasteiger partial charge on any atom is 0.338 e. The van der Waals surface area contributed by atoms with Gasteiger partial charge in [0.15, 0.2) is 0 Å². The van der Waals surface area contributed by atoms with E-state index in [-0.39, 0.29) is 11.7 Å². The summed E-state index contributed by atoms with van der Waals surface area (Å²) in [4.78, 5) is 25.6. The van der Waals surface area contributed by atoms with E-state index in [9.17, 15) is 14.0 Å². The second-order valence-corrected chi connectivity index (χ2v) is 9.25. The van der Waals surface area contributed by atoms with Gasteiger partial charge in [0.1, 0.15) is 28.5 Å². The molecular weight excluding hydrogens is 461 g/mol. The Balaban J connectivity index is 1.92. The maximum absolute atomic E-state index is 13.5. The monoisotopic (exact) mass is 489 g/mol. The van der Waals surface area contributed by atoms with E-state index in [1.807, 2.05) is 39.8 Å². The van der Waals surface area contributed by atoms with Crippen LogP contribution in [-0.4, -0.2) is 31.1 Å². The first-order valence-corrected chi connectivity index (χ1v) is 11.7. The number of hydrogen-bond donors (Lipinski definition) is 1. The molecule has 0 aliphatic heterocycles. The fourth-order valence-electron chi connectivity index (χ4n) is 3.93. The summed E-state index contributed by atoms with van der Waals surface area (Å²) in [6, 6.07) is 16.4. The van der Waals surface area contributed by atoms with E-state index in [1.165, 1.54) is 19.2 Å². The minimum absolute atomic E-state index is 0.325. The average Bonchev–Trinajstić information content (AvgIpc) is 3.21. The fraction of sp³-hybridized carbons (Fsp3) is 0.241. The van der Waals surface area contributed by atoms with Crippen LogP contribution in [0.4, 0.5) is 4.39 Å². The van der Waals surface area contributed by atoms with Crippen LogP contribution in [0.2, 0.25) is 0 Å². The van der Waals surface area contributed by atoms with Crippen LogP contribution >= 0.6 is 0 Å². The number of ether oxygens (including phenoxy) is 2. The molecule has 6 nitrogen and oxygen atoms in total. The van der Waals surface area contributed by atoms with Gasteiger partial charge >= 0.3 is 5.97 Å². The lowest BCUT2D eigenvalue weighted by Gasteiger charge is -2.19. The molecule has 1 amide bonds. The van der Waals surface area contributed by atoms with Crippen molar-refractivity contribution >= 4 is 22.8 Å². The highest BCUT2D eigenvalue weighted by Crippen LogP contribution is 2.41. The molecule has 0 bridgehead atoms. The number of hydrogen-bond acceptors (Lipinski definition) is 5. The molecule has 4 aromatic rings. The molecule has 4 rings (SSSR count). The van der Waals surface area contributed by atoms with Crippen molar-refractivity contribution in [2.24, 2.45) is 0 Å². The van der Waals surface area contributed by atoms with Gasteiger partial charge in [-0.15, -0.1) is 0 Å². The summed E-state index contributed by atoms with van der Waals surface area (Å²) in [7, 11) is 1.54. The van der Waals surface area contributed by atoms with Crippen molar-refractivity contribution in [3.05, 3.63) is 77.6 Å². The predicted molar refractivity (Wildman–Crippen MR) is 137 cm³/mol. The molecule has 36 heavy (non-hydrogen) atoms. The average molecular weight is 490 g/mol. The minimum atomic E-state index is -0.627. The molecule has 0 radical (unpaired) electrons. The number of esters is 1. The molecule has 0 saturated heterocycles. The van der Waals surface area contributed by atoms with E-state index in [2.05, 4.69) is 5.32 Å². The van der Waals surface area contributed by atoms with Crippen LogP contribution < -0.4 is 10.1 Å². The lowest BCUT2D eigenvalue weighted by atomic mass is 9.98. The maximum atomic E-state index is 13.5. The van der Waals surface area contributed by atoms with Gasteiger partial charge in [-0.3, -0.25) is 4.79 Å². The Morgan fingerprint density at radius 3 is 2.36 bits per heavy atom. The first-order chi connectivity index (χ1) is 17.1. The van der Waals surface area contributed by atoms with E-state index < -0.39 is 11.6 Å². The van der Waals surface area contributed by atoms with Gasteiger partial charge in [-0.1, -0.05) is 12.1 Å². The third-order valence-electron chi connectivity index (χ3n) is 5.46. The van der Waals surface area contributed by atoms with Crippen molar-refractivity contribution in [3.63, 3.8) is 0 Å². The topological polar surface area (TPSA) is 77.8 Å². The van der Waals surface area contributed by atoms with Gasteiger partial charge in [-0.2, -0.15) is 0 Å². The Morgan fingerprint density at radius 1 is 1.00 bits per heavy atom.